The van der Waals surface area contributed by atoms with Gasteiger partial charge in [0.1, 0.15) is 0 Å². The quantitative estimate of drug-likeness (QED) is 0.676. The standard InChI is InChI=1S/C5H5.C4H4N.C3H6.4CH3.2ClH.Ti/c2*1-2-4-5-3-1;1-3-2;;;;;;;/h1-3H,4H2;1-3,5H;1-2H3;4*1H3;2*1H;. The molecule has 0 radical (unpaired) electrons. The summed E-state index contributed by atoms with van der Waals surface area (Å²) in [7, 11) is 0. The third-order valence-corrected chi connectivity index (χ3v) is 24.9. The van der Waals surface area contributed by atoms with Crippen LogP contribution in [0.2, 0.25) is 20.9 Å². The number of allylic oxidation sites excluding steroid dienone is 4. The van der Waals surface area contributed by atoms with E-state index in [2.05, 4.69) is 76.3 Å². The zero-order chi connectivity index (χ0) is 13.8. The van der Waals surface area contributed by atoms with Gasteiger partial charge in [-0.1, -0.05) is 0 Å². The minimum atomic E-state index is -4.04. The third-order valence-electron chi connectivity index (χ3n) is 6.82. The van der Waals surface area contributed by atoms with Crippen LogP contribution < -0.4 is 4.00 Å². The molecule has 0 aliphatic heterocycles. The molecular formula is C16H29Cl2NTi. The number of nitrogens with one attached hydrogen (secondary N) is 1. The van der Waals surface area contributed by atoms with Crippen molar-refractivity contribution in [1.82, 2.24) is 4.98 Å². The average molecular weight is 354 g/mol. The Balaban J connectivity index is 0.00000180. The van der Waals surface area contributed by atoms with E-state index in [4.69, 9.17) is 0 Å². The van der Waals surface area contributed by atoms with Crippen LogP contribution in [0.3, 0.4) is 0 Å². The molecule has 116 valence electrons. The number of H-pyrrole nitrogens is 1. The first-order chi connectivity index (χ1) is 7.95. The number of halogens is 2. The molecule has 0 saturated carbocycles. The molecule has 1 heterocycles. The first-order valence-corrected chi connectivity index (χ1v) is 15.5. The Morgan fingerprint density at radius 1 is 1.10 bits per heavy atom. The molecule has 20 heavy (non-hydrogen) atoms. The molecule has 1 N–H and O–H groups in total. The summed E-state index contributed by atoms with van der Waals surface area (Å²) in [5.41, 5.74) is 0. The van der Waals surface area contributed by atoms with Crippen molar-refractivity contribution in [3.05, 3.63) is 40.4 Å². The van der Waals surface area contributed by atoms with Gasteiger partial charge in [-0.15, -0.1) is 24.8 Å². The Kier molecular flexibility index (Phi) is 4.21. The molecule has 1 nitrogen and oxygen atoms in total. The maximum Gasteiger partial charge on any atom is -0.147 e. The van der Waals surface area contributed by atoms with Gasteiger partial charge >= 0.3 is 107 Å². The van der Waals surface area contributed by atoms with Gasteiger partial charge in [0, 0.05) is 0 Å². The van der Waals surface area contributed by atoms with Gasteiger partial charge in [-0.05, 0) is 0 Å². The first-order valence-electron chi connectivity index (χ1n) is 6.96. The van der Waals surface area contributed by atoms with Gasteiger partial charge in [0.2, 0.25) is 0 Å². The molecule has 4 heteroatoms. The molecule has 0 amide bonds. The number of rotatable bonds is 2. The molecule has 0 bridgehead atoms. The summed E-state index contributed by atoms with van der Waals surface area (Å²) in [6.07, 6.45) is 9.99. The van der Waals surface area contributed by atoms with Gasteiger partial charge in [0.05, 0.1) is 0 Å². The van der Waals surface area contributed by atoms with Crippen LogP contribution in [0.1, 0.15) is 20.3 Å². The summed E-state index contributed by atoms with van der Waals surface area (Å²) in [6, 6.07) is 4.41. The van der Waals surface area contributed by atoms with Crippen LogP contribution in [0, 0.1) is 0 Å². The van der Waals surface area contributed by atoms with E-state index in [0.29, 0.717) is 0 Å². The van der Waals surface area contributed by atoms with E-state index >= 15 is 0 Å². The Hall–Kier alpha value is -0.0757. The summed E-state index contributed by atoms with van der Waals surface area (Å²) >= 11 is -4.04. The Bertz CT molecular complexity index is 672. The second-order valence-corrected chi connectivity index (χ2v) is 33.1. The van der Waals surface area contributed by atoms with Crippen molar-refractivity contribution in [3.8, 4) is 0 Å². The molecule has 0 saturated heterocycles. The van der Waals surface area contributed by atoms with Crippen LogP contribution in [0.15, 0.2) is 40.4 Å². The van der Waals surface area contributed by atoms with E-state index in [1.807, 2.05) is 0 Å². The van der Waals surface area contributed by atoms with Crippen molar-refractivity contribution in [2.24, 2.45) is 0 Å². The molecule has 1 aliphatic rings. The number of aromatic nitrogens is 1. The fourth-order valence-corrected chi connectivity index (χ4v) is 11.6. The summed E-state index contributed by atoms with van der Waals surface area (Å²) in [5.74, 6) is 0. The van der Waals surface area contributed by atoms with Crippen LogP contribution >= 0.6 is 24.8 Å². The van der Waals surface area contributed by atoms with Crippen LogP contribution in [-0.2, 0) is 12.3 Å². The average Bonchev–Trinajstić information content (AvgIpc) is 2.92. The molecule has 0 aromatic carbocycles. The zero-order valence-corrected chi connectivity index (χ0v) is 16.7. The zero-order valence-electron chi connectivity index (χ0n) is 13.5. The fourth-order valence-electron chi connectivity index (χ4n) is 3.25. The third kappa shape index (κ3) is 2.06. The van der Waals surface area contributed by atoms with Crippen LogP contribution in [0.25, 0.3) is 0 Å². The van der Waals surface area contributed by atoms with E-state index in [-0.39, 0.29) is 24.8 Å². The summed E-state index contributed by atoms with van der Waals surface area (Å²) < 4.78 is 4.59. The summed E-state index contributed by atoms with van der Waals surface area (Å²) in [6.45, 7) is 4.63. The van der Waals surface area contributed by atoms with Crippen molar-refractivity contribution in [2.45, 2.75) is 41.2 Å². The second-order valence-electron chi connectivity index (χ2n) is 9.78. The molecule has 1 aromatic heterocycles. The molecule has 0 fully saturated rings. The molecule has 1 aliphatic carbocycles. The predicted octanol–water partition coefficient (Wildman–Crippen LogP) is 5.49. The van der Waals surface area contributed by atoms with Gasteiger partial charge < -0.3 is 0 Å². The molecule has 0 unspecified atom stereocenters. The number of hydrogen-bond donors (Lipinski definition) is 1. The van der Waals surface area contributed by atoms with Gasteiger partial charge in [0.25, 0.3) is 0 Å². The largest absolute Gasteiger partial charge is 0.147 e. The van der Waals surface area contributed by atoms with Gasteiger partial charge in [-0.25, -0.2) is 0 Å². The molecule has 1 aromatic rings. The van der Waals surface area contributed by atoms with Crippen LogP contribution in [0.4, 0.5) is 0 Å². The smallest absolute Gasteiger partial charge is 0.147 e. The molecule has 0 atom stereocenters. The van der Waals surface area contributed by atoms with Crippen molar-refractivity contribution >= 4 is 32.6 Å². The SMILES string of the molecule is C[C](C)=[Ti]([CH3])([CH3])([CH3])([CH3])([C]1=CC=CC1)[c]1ccc[nH]1.Cl.Cl. The van der Waals surface area contributed by atoms with Crippen LogP contribution in [0.5, 0.6) is 0 Å². The van der Waals surface area contributed by atoms with Gasteiger partial charge in [0.15, 0.2) is 0 Å². The van der Waals surface area contributed by atoms with E-state index < -0.39 is 12.3 Å². The molecular weight excluding hydrogens is 325 g/mol. The minimum Gasteiger partial charge on any atom is -0.147 e. The normalized spacial score (nSPS) is 19.5. The van der Waals surface area contributed by atoms with Crippen molar-refractivity contribution in [2.75, 3.05) is 0 Å². The van der Waals surface area contributed by atoms with E-state index in [1.165, 1.54) is 4.00 Å². The number of hydrogen-bond acceptors (Lipinski definition) is 0. The predicted molar refractivity (Wildman–Crippen MR) is 96.6 cm³/mol. The van der Waals surface area contributed by atoms with Crippen molar-refractivity contribution < 1.29 is 12.3 Å². The second kappa shape index (κ2) is 4.23. The maximum absolute atomic E-state index is 4.04. The van der Waals surface area contributed by atoms with Gasteiger partial charge in [-0.2, -0.15) is 0 Å². The monoisotopic (exact) mass is 353 g/mol. The van der Waals surface area contributed by atoms with Gasteiger partial charge in [-0.3, -0.25) is 0 Å². The van der Waals surface area contributed by atoms with E-state index in [1.54, 1.807) is 7.69 Å². The summed E-state index contributed by atoms with van der Waals surface area (Å²) in [4.78, 5) is 3.55. The van der Waals surface area contributed by atoms with E-state index in [0.717, 1.165) is 6.42 Å². The summed E-state index contributed by atoms with van der Waals surface area (Å²) in [5, 5.41) is 10.2. The first kappa shape index (κ1) is 19.9. The van der Waals surface area contributed by atoms with E-state index in [9.17, 15) is 0 Å². The fraction of sp³-hybridized carbons (Fsp3) is 0.438. The molecule has 2 rings (SSSR count). The molecule has 0 spiro atoms. The number of aromatic amines is 1. The van der Waals surface area contributed by atoms with Crippen LogP contribution in [-0.4, -0.2) is 8.80 Å². The Morgan fingerprint density at radius 2 is 1.70 bits per heavy atom. The van der Waals surface area contributed by atoms with Crippen molar-refractivity contribution in [1.29, 1.82) is 0 Å². The minimum absolute atomic E-state index is 0. The Morgan fingerprint density at radius 3 is 2.05 bits per heavy atom. The topological polar surface area (TPSA) is 15.8 Å². The Labute approximate surface area is 131 Å². The maximum atomic E-state index is 3.55. The van der Waals surface area contributed by atoms with Crippen molar-refractivity contribution in [3.63, 3.8) is 0 Å².